The molecule has 0 radical (unpaired) electrons. The second kappa shape index (κ2) is 7.86. The highest BCUT2D eigenvalue weighted by atomic mass is 32.2. The van der Waals surface area contributed by atoms with Crippen LogP contribution in [0, 0.1) is 11.7 Å². The van der Waals surface area contributed by atoms with Gasteiger partial charge in [0.25, 0.3) is 0 Å². The molecule has 5 nitrogen and oxygen atoms in total. The number of amides is 1. The zero-order chi connectivity index (χ0) is 18.6. The van der Waals surface area contributed by atoms with Gasteiger partial charge in [0.15, 0.2) is 9.84 Å². The number of ether oxygens (including phenoxy) is 1. The van der Waals surface area contributed by atoms with Crippen LogP contribution in [-0.2, 0) is 21.2 Å². The molecule has 1 amide bonds. The third kappa shape index (κ3) is 5.29. The van der Waals surface area contributed by atoms with Crippen LogP contribution in [0.15, 0.2) is 48.5 Å². The predicted octanol–water partition coefficient (Wildman–Crippen LogP) is 3.17. The van der Waals surface area contributed by atoms with Gasteiger partial charge in [-0.2, -0.15) is 0 Å². The minimum atomic E-state index is -2.98. The first kappa shape index (κ1) is 18.4. The first-order valence-corrected chi connectivity index (χ1v) is 10.2. The third-order valence-corrected chi connectivity index (χ3v) is 6.07. The highest BCUT2D eigenvalue weighted by Crippen LogP contribution is 2.23. The number of carbonyl (C=O) groups excluding carboxylic acids is 1. The minimum absolute atomic E-state index is 0.0846. The van der Waals surface area contributed by atoms with Gasteiger partial charge in [-0.1, -0.05) is 18.2 Å². The van der Waals surface area contributed by atoms with Crippen LogP contribution >= 0.6 is 0 Å². The summed E-state index contributed by atoms with van der Waals surface area (Å²) in [5, 5.41) is 2.78. The molecule has 0 aliphatic carbocycles. The number of anilines is 1. The summed E-state index contributed by atoms with van der Waals surface area (Å²) in [5.41, 5.74) is 1.43. The van der Waals surface area contributed by atoms with Crippen LogP contribution in [0.25, 0.3) is 0 Å². The molecule has 7 heteroatoms. The molecule has 3 rings (SSSR count). The van der Waals surface area contributed by atoms with Gasteiger partial charge in [0.05, 0.1) is 11.5 Å². The van der Waals surface area contributed by atoms with Crippen LogP contribution in [0.1, 0.15) is 18.4 Å². The van der Waals surface area contributed by atoms with E-state index in [-0.39, 0.29) is 42.2 Å². The Kier molecular flexibility index (Phi) is 5.56. The molecular formula is C19H20FNO4S. The minimum Gasteiger partial charge on any atom is -0.489 e. The van der Waals surface area contributed by atoms with Gasteiger partial charge in [-0.05, 0) is 42.2 Å². The number of rotatable bonds is 6. The monoisotopic (exact) mass is 377 g/mol. The summed E-state index contributed by atoms with van der Waals surface area (Å²) in [6, 6.07) is 13.0. The Bertz CT molecular complexity index is 881. The Morgan fingerprint density at radius 2 is 1.96 bits per heavy atom. The van der Waals surface area contributed by atoms with Crippen molar-refractivity contribution in [3.8, 4) is 5.75 Å². The van der Waals surface area contributed by atoms with Crippen molar-refractivity contribution in [2.24, 2.45) is 5.92 Å². The zero-order valence-corrected chi connectivity index (χ0v) is 15.0. The van der Waals surface area contributed by atoms with Crippen LogP contribution < -0.4 is 10.1 Å². The molecule has 1 aliphatic heterocycles. The fraction of sp³-hybridized carbons (Fsp3) is 0.316. The average Bonchev–Trinajstić information content (AvgIpc) is 2.93. The van der Waals surface area contributed by atoms with Crippen molar-refractivity contribution in [1.29, 1.82) is 0 Å². The summed E-state index contributed by atoms with van der Waals surface area (Å²) in [7, 11) is -2.98. The molecule has 0 aromatic heterocycles. The van der Waals surface area contributed by atoms with Gasteiger partial charge >= 0.3 is 0 Å². The fourth-order valence-corrected chi connectivity index (χ4v) is 4.78. The van der Waals surface area contributed by atoms with Crippen molar-refractivity contribution in [2.45, 2.75) is 19.4 Å². The van der Waals surface area contributed by atoms with E-state index in [9.17, 15) is 17.6 Å². The molecule has 1 N–H and O–H groups in total. The molecule has 26 heavy (non-hydrogen) atoms. The Morgan fingerprint density at radius 3 is 2.65 bits per heavy atom. The number of benzene rings is 2. The lowest BCUT2D eigenvalue weighted by molar-refractivity contribution is -0.116. The number of carbonyl (C=O) groups is 1. The highest BCUT2D eigenvalue weighted by molar-refractivity contribution is 7.91. The van der Waals surface area contributed by atoms with Gasteiger partial charge in [0.2, 0.25) is 5.91 Å². The first-order valence-electron chi connectivity index (χ1n) is 8.37. The Labute approximate surface area is 152 Å². The van der Waals surface area contributed by atoms with Crippen molar-refractivity contribution in [3.63, 3.8) is 0 Å². The summed E-state index contributed by atoms with van der Waals surface area (Å²) >= 11 is 0. The van der Waals surface area contributed by atoms with E-state index in [2.05, 4.69) is 5.32 Å². The number of hydrogen-bond donors (Lipinski definition) is 1. The number of halogens is 1. The number of hydrogen-bond acceptors (Lipinski definition) is 4. The molecule has 0 spiro atoms. The van der Waals surface area contributed by atoms with Crippen LogP contribution in [-0.4, -0.2) is 25.8 Å². The third-order valence-electron chi connectivity index (χ3n) is 4.24. The van der Waals surface area contributed by atoms with Crippen molar-refractivity contribution in [2.75, 3.05) is 16.8 Å². The molecule has 1 atom stereocenters. The Balaban J connectivity index is 1.53. The van der Waals surface area contributed by atoms with E-state index in [4.69, 9.17) is 4.74 Å². The van der Waals surface area contributed by atoms with Gasteiger partial charge in [-0.3, -0.25) is 4.79 Å². The lowest BCUT2D eigenvalue weighted by atomic mass is 10.1. The zero-order valence-electron chi connectivity index (χ0n) is 14.2. The largest absolute Gasteiger partial charge is 0.489 e. The molecule has 138 valence electrons. The molecule has 1 aliphatic rings. The van der Waals surface area contributed by atoms with Gasteiger partial charge in [0, 0.05) is 18.2 Å². The van der Waals surface area contributed by atoms with Crippen molar-refractivity contribution in [1.82, 2.24) is 0 Å². The van der Waals surface area contributed by atoms with Gasteiger partial charge in [0.1, 0.15) is 18.2 Å². The second-order valence-electron chi connectivity index (χ2n) is 6.46. The van der Waals surface area contributed by atoms with Crippen molar-refractivity contribution >= 4 is 21.4 Å². The Morgan fingerprint density at radius 1 is 1.19 bits per heavy atom. The van der Waals surface area contributed by atoms with Crippen LogP contribution in [0.3, 0.4) is 0 Å². The SMILES string of the molecule is O=C(CC1CCS(=O)(=O)C1)Nc1cccc(OCc2ccc(F)cc2)c1. The summed E-state index contributed by atoms with van der Waals surface area (Å²) in [5.74, 6) is 0.212. The van der Waals surface area contributed by atoms with Gasteiger partial charge in [-0.25, -0.2) is 12.8 Å². The van der Waals surface area contributed by atoms with E-state index >= 15 is 0 Å². The van der Waals surface area contributed by atoms with Crippen molar-refractivity contribution < 1.29 is 22.3 Å². The lowest BCUT2D eigenvalue weighted by Crippen LogP contribution is -2.17. The first-order chi connectivity index (χ1) is 12.4. The maximum Gasteiger partial charge on any atom is 0.224 e. The molecule has 0 saturated carbocycles. The molecule has 1 saturated heterocycles. The van der Waals surface area contributed by atoms with E-state index in [0.717, 1.165) is 5.56 Å². The Hall–Kier alpha value is -2.41. The van der Waals surface area contributed by atoms with E-state index in [1.165, 1.54) is 12.1 Å². The van der Waals surface area contributed by atoms with E-state index in [1.807, 2.05) is 0 Å². The van der Waals surface area contributed by atoms with Crippen LogP contribution in [0.4, 0.5) is 10.1 Å². The van der Waals surface area contributed by atoms with Crippen LogP contribution in [0.5, 0.6) is 5.75 Å². The molecule has 1 fully saturated rings. The molecule has 1 unspecified atom stereocenters. The lowest BCUT2D eigenvalue weighted by Gasteiger charge is -2.11. The van der Waals surface area contributed by atoms with Crippen LogP contribution in [0.2, 0.25) is 0 Å². The average molecular weight is 377 g/mol. The molecule has 0 bridgehead atoms. The molecule has 1 heterocycles. The maximum absolute atomic E-state index is 12.9. The molecular weight excluding hydrogens is 357 g/mol. The van der Waals surface area contributed by atoms with Gasteiger partial charge < -0.3 is 10.1 Å². The molecule has 2 aromatic rings. The van der Waals surface area contributed by atoms with Crippen molar-refractivity contribution in [3.05, 3.63) is 59.9 Å². The topological polar surface area (TPSA) is 72.5 Å². The summed E-state index contributed by atoms with van der Waals surface area (Å²) in [6.07, 6.45) is 0.733. The van der Waals surface area contributed by atoms with E-state index in [0.29, 0.717) is 17.9 Å². The normalized spacial score (nSPS) is 18.4. The predicted molar refractivity (Wildman–Crippen MR) is 97.2 cm³/mol. The van der Waals surface area contributed by atoms with Gasteiger partial charge in [-0.15, -0.1) is 0 Å². The summed E-state index contributed by atoms with van der Waals surface area (Å²) in [4.78, 5) is 12.1. The quantitative estimate of drug-likeness (QED) is 0.839. The summed E-state index contributed by atoms with van der Waals surface area (Å²) < 4.78 is 41.5. The number of nitrogens with one attached hydrogen (secondary N) is 1. The smallest absolute Gasteiger partial charge is 0.224 e. The summed E-state index contributed by atoms with van der Waals surface area (Å²) in [6.45, 7) is 0.289. The number of sulfone groups is 1. The fourth-order valence-electron chi connectivity index (χ4n) is 2.92. The standard InChI is InChI=1S/C19H20FNO4S/c20-16-6-4-14(5-7-16)12-25-18-3-1-2-17(11-18)21-19(22)10-15-8-9-26(23,24)13-15/h1-7,11,15H,8-10,12-13H2,(H,21,22). The maximum atomic E-state index is 12.9. The van der Waals surface area contributed by atoms with E-state index in [1.54, 1.807) is 36.4 Å². The highest BCUT2D eigenvalue weighted by Gasteiger charge is 2.29. The second-order valence-corrected chi connectivity index (χ2v) is 8.69. The molecule has 2 aromatic carbocycles. The van der Waals surface area contributed by atoms with E-state index < -0.39 is 9.84 Å².